The van der Waals surface area contributed by atoms with E-state index < -0.39 is 24.7 Å². The van der Waals surface area contributed by atoms with E-state index in [1.165, 1.54) is 0 Å². The van der Waals surface area contributed by atoms with Gasteiger partial charge in [0.1, 0.15) is 6.54 Å². The van der Waals surface area contributed by atoms with Gasteiger partial charge in [0, 0.05) is 19.6 Å². The van der Waals surface area contributed by atoms with Crippen LogP contribution in [0.3, 0.4) is 0 Å². The molecule has 4 nitrogen and oxygen atoms in total. The highest BCUT2D eigenvalue weighted by Crippen LogP contribution is 2.12. The Morgan fingerprint density at radius 1 is 1.60 bits per heavy atom. The van der Waals surface area contributed by atoms with Crippen molar-refractivity contribution in [3.63, 3.8) is 0 Å². The summed E-state index contributed by atoms with van der Waals surface area (Å²) in [7, 11) is 2.43. The lowest BCUT2D eigenvalue weighted by molar-refractivity contribution is -0.139. The van der Waals surface area contributed by atoms with Gasteiger partial charge in [0.2, 0.25) is 5.91 Å². The predicted octanol–water partition coefficient (Wildman–Crippen LogP) is -0.271. The van der Waals surface area contributed by atoms with Crippen molar-refractivity contribution in [1.29, 1.82) is 0 Å². The number of alkyl halides is 3. The number of halogens is 3. The van der Waals surface area contributed by atoms with Crippen LogP contribution in [-0.4, -0.2) is 49.0 Å². The van der Waals surface area contributed by atoms with E-state index in [0.29, 0.717) is 13.1 Å². The zero-order valence-electron chi connectivity index (χ0n) is 7.97. The average molecular weight is 243 g/mol. The minimum Gasteiger partial charge on any atom is -0.346 e. The topological polar surface area (TPSA) is 44.4 Å². The van der Waals surface area contributed by atoms with E-state index in [-0.39, 0.29) is 0 Å². The lowest BCUT2D eigenvalue weighted by atomic mass is 10.2. The fourth-order valence-electron chi connectivity index (χ4n) is 1.26. The molecule has 1 saturated heterocycles. The molecule has 1 amide bonds. The summed E-state index contributed by atoms with van der Waals surface area (Å²) >= 11 is 0. The number of rotatable bonds is 2. The molecule has 0 aromatic rings. The van der Waals surface area contributed by atoms with Crippen molar-refractivity contribution in [3.05, 3.63) is 0 Å². The summed E-state index contributed by atoms with van der Waals surface area (Å²) in [5.41, 5.74) is 0. The quantitative estimate of drug-likeness (QED) is 0.656. The van der Waals surface area contributed by atoms with Gasteiger partial charge in [0.25, 0.3) is 0 Å². The van der Waals surface area contributed by atoms with E-state index in [4.69, 9.17) is 0 Å². The predicted molar refractivity (Wildman–Crippen MR) is 52.1 cm³/mol. The summed E-state index contributed by atoms with van der Waals surface area (Å²) in [6, 6.07) is -0.571. The van der Waals surface area contributed by atoms with E-state index in [0.717, 1.165) is 6.54 Å². The van der Waals surface area contributed by atoms with Crippen LogP contribution in [-0.2, 0) is 4.79 Å². The molecule has 0 bridgehead atoms. The maximum absolute atomic E-state index is 11.8. The van der Waals surface area contributed by atoms with Gasteiger partial charge in [0.15, 0.2) is 0 Å². The highest BCUT2D eigenvalue weighted by molar-refractivity contribution is 7.13. The highest BCUT2D eigenvalue weighted by Gasteiger charge is 2.30. The number of nitrogens with zero attached hydrogens (tertiary/aromatic N) is 1. The van der Waals surface area contributed by atoms with Gasteiger partial charge in [0.05, 0.1) is 6.04 Å². The van der Waals surface area contributed by atoms with Gasteiger partial charge in [-0.15, -0.1) is 0 Å². The monoisotopic (exact) mass is 243 g/mol. The number of nitrogens with one attached hydrogen (secondary N) is 2. The smallest absolute Gasteiger partial charge is 0.346 e. The first-order valence-corrected chi connectivity index (χ1v) is 4.97. The van der Waals surface area contributed by atoms with Crippen molar-refractivity contribution in [2.24, 2.45) is 0 Å². The molecule has 0 aromatic carbocycles. The SMILES string of the molecule is O=C(NCC(F)(F)F)[C@@H]1CN(P)CCN1. The van der Waals surface area contributed by atoms with Crippen molar-refractivity contribution in [1.82, 2.24) is 15.3 Å². The van der Waals surface area contributed by atoms with Crippen LogP contribution < -0.4 is 10.6 Å². The summed E-state index contributed by atoms with van der Waals surface area (Å²) in [5, 5.41) is 4.70. The van der Waals surface area contributed by atoms with Crippen molar-refractivity contribution < 1.29 is 18.0 Å². The minimum absolute atomic E-state index is 0.397. The Morgan fingerprint density at radius 3 is 2.80 bits per heavy atom. The molecular weight excluding hydrogens is 230 g/mol. The van der Waals surface area contributed by atoms with Crippen molar-refractivity contribution in [3.8, 4) is 0 Å². The molecule has 0 spiro atoms. The molecule has 15 heavy (non-hydrogen) atoms. The molecule has 8 heteroatoms. The lowest BCUT2D eigenvalue weighted by Crippen LogP contribution is -2.55. The molecule has 1 unspecified atom stereocenters. The third-order valence-electron chi connectivity index (χ3n) is 1.99. The zero-order valence-corrected chi connectivity index (χ0v) is 9.13. The molecule has 0 aliphatic carbocycles. The number of carbonyl (C=O) groups excluding carboxylic acids is 1. The summed E-state index contributed by atoms with van der Waals surface area (Å²) in [6.45, 7) is 0.469. The van der Waals surface area contributed by atoms with E-state index in [1.54, 1.807) is 0 Å². The average Bonchev–Trinajstić information content (AvgIpc) is 2.13. The Labute approximate surface area is 87.8 Å². The standard InChI is InChI=1S/C7H13F3N3OP/c8-7(9,10)4-12-6(14)5-3-13(15)2-1-11-5/h5,11H,1-4,15H2,(H,12,14)/t5-/m0/s1. The van der Waals surface area contributed by atoms with Crippen LogP contribution in [0.1, 0.15) is 0 Å². The van der Waals surface area contributed by atoms with Crippen LogP contribution in [0.15, 0.2) is 0 Å². The van der Waals surface area contributed by atoms with Crippen LogP contribution in [0.25, 0.3) is 0 Å². The molecule has 0 radical (unpaired) electrons. The van der Waals surface area contributed by atoms with Crippen molar-refractivity contribution in [2.75, 3.05) is 26.2 Å². The Morgan fingerprint density at radius 2 is 2.27 bits per heavy atom. The second-order valence-corrected chi connectivity index (χ2v) is 4.06. The maximum atomic E-state index is 11.8. The molecule has 0 aromatic heterocycles. The molecule has 1 rings (SSSR count). The second kappa shape index (κ2) is 5.09. The maximum Gasteiger partial charge on any atom is 0.405 e. The summed E-state index contributed by atoms with van der Waals surface area (Å²) in [4.78, 5) is 11.3. The van der Waals surface area contributed by atoms with Gasteiger partial charge in [-0.1, -0.05) is 9.39 Å². The molecule has 2 atom stereocenters. The molecule has 1 fully saturated rings. The van der Waals surface area contributed by atoms with E-state index >= 15 is 0 Å². The fourth-order valence-corrected chi connectivity index (χ4v) is 1.60. The Kier molecular flexibility index (Phi) is 4.31. The number of hydrogen-bond donors (Lipinski definition) is 2. The van der Waals surface area contributed by atoms with E-state index in [9.17, 15) is 18.0 Å². The van der Waals surface area contributed by atoms with Gasteiger partial charge in [-0.25, -0.2) is 0 Å². The molecule has 1 aliphatic heterocycles. The number of hydrogen-bond acceptors (Lipinski definition) is 3. The first-order chi connectivity index (χ1) is 6.88. The number of amides is 1. The number of piperazine rings is 1. The van der Waals surface area contributed by atoms with Gasteiger partial charge in [-0.2, -0.15) is 13.2 Å². The van der Waals surface area contributed by atoms with Gasteiger partial charge in [-0.3, -0.25) is 9.46 Å². The molecular formula is C7H13F3N3OP. The highest BCUT2D eigenvalue weighted by atomic mass is 31.0. The van der Waals surface area contributed by atoms with Crippen molar-refractivity contribution in [2.45, 2.75) is 12.2 Å². The molecule has 2 N–H and O–H groups in total. The van der Waals surface area contributed by atoms with Gasteiger partial charge < -0.3 is 10.6 Å². The molecule has 1 aliphatic rings. The summed E-state index contributed by atoms with van der Waals surface area (Å²) in [6.07, 6.45) is -4.36. The second-order valence-electron chi connectivity index (χ2n) is 3.33. The third-order valence-corrected chi connectivity index (χ3v) is 2.46. The fraction of sp³-hybridized carbons (Fsp3) is 0.857. The van der Waals surface area contributed by atoms with Crippen LogP contribution in [0.4, 0.5) is 13.2 Å². The summed E-state index contributed by atoms with van der Waals surface area (Å²) < 4.78 is 37.2. The van der Waals surface area contributed by atoms with E-state index in [2.05, 4.69) is 14.7 Å². The third kappa shape index (κ3) is 4.77. The largest absolute Gasteiger partial charge is 0.405 e. The van der Waals surface area contributed by atoms with Gasteiger partial charge >= 0.3 is 6.18 Å². The van der Waals surface area contributed by atoms with Crippen LogP contribution in [0, 0.1) is 0 Å². The Bertz CT molecular complexity index is 236. The first kappa shape index (κ1) is 12.7. The van der Waals surface area contributed by atoms with Gasteiger partial charge in [-0.05, 0) is 0 Å². The first-order valence-electron chi connectivity index (χ1n) is 4.46. The molecule has 0 saturated carbocycles. The van der Waals surface area contributed by atoms with E-state index in [1.807, 2.05) is 9.99 Å². The minimum atomic E-state index is -4.36. The van der Waals surface area contributed by atoms with Crippen LogP contribution in [0.5, 0.6) is 0 Å². The normalized spacial score (nSPS) is 23.9. The Hall–Kier alpha value is -0.390. The summed E-state index contributed by atoms with van der Waals surface area (Å²) in [5.74, 6) is -0.612. The molecule has 1 heterocycles. The molecule has 88 valence electrons. The number of carbonyl (C=O) groups is 1. The van der Waals surface area contributed by atoms with Crippen molar-refractivity contribution >= 4 is 15.3 Å². The zero-order chi connectivity index (χ0) is 11.5. The van der Waals surface area contributed by atoms with Crippen LogP contribution in [0.2, 0.25) is 0 Å². The lowest BCUT2D eigenvalue weighted by Gasteiger charge is -2.29. The Balaban J connectivity index is 2.33. The van der Waals surface area contributed by atoms with Crippen LogP contribution >= 0.6 is 9.39 Å².